The molecule has 4 rings (SSSR count). The summed E-state index contributed by atoms with van der Waals surface area (Å²) in [6.07, 6.45) is 4.54. The van der Waals surface area contributed by atoms with Crippen molar-refractivity contribution in [2.75, 3.05) is 45.4 Å². The number of nitrogens with zero attached hydrogens (tertiary/aromatic N) is 4. The van der Waals surface area contributed by atoms with E-state index in [0.717, 1.165) is 47.7 Å². The van der Waals surface area contributed by atoms with Crippen molar-refractivity contribution in [3.63, 3.8) is 0 Å². The molecule has 0 amide bonds. The van der Waals surface area contributed by atoms with Crippen molar-refractivity contribution in [3.05, 3.63) is 44.8 Å². The third kappa shape index (κ3) is 4.30. The Morgan fingerprint density at radius 2 is 1.59 bits per heavy atom. The average Bonchev–Trinajstić information content (AvgIpc) is 3.07. The fourth-order valence-electron chi connectivity index (χ4n) is 4.96. The summed E-state index contributed by atoms with van der Waals surface area (Å²) in [7, 11) is 3.49. The van der Waals surface area contributed by atoms with E-state index in [1.54, 1.807) is 14.2 Å². The van der Waals surface area contributed by atoms with Crippen LogP contribution in [0.3, 0.4) is 0 Å². The van der Waals surface area contributed by atoms with Crippen LogP contribution < -0.4 is 4.90 Å². The monoisotopic (exact) mass is 500 g/mol. The minimum atomic E-state index is 0.641. The number of rotatable bonds is 8. The molecule has 0 unspecified atom stereocenters. The Bertz CT molecular complexity index is 1090. The minimum absolute atomic E-state index is 0.641. The molecule has 2 heterocycles. The van der Waals surface area contributed by atoms with Crippen LogP contribution in [0.25, 0.3) is 16.7 Å². The van der Waals surface area contributed by atoms with Crippen LogP contribution in [0.5, 0.6) is 0 Å². The van der Waals surface area contributed by atoms with Gasteiger partial charge in [-0.2, -0.15) is 0 Å². The molecule has 1 aliphatic rings. The maximum absolute atomic E-state index is 5.41. The van der Waals surface area contributed by atoms with Crippen LogP contribution >= 0.6 is 15.9 Å². The van der Waals surface area contributed by atoms with Gasteiger partial charge in [-0.25, -0.2) is 9.97 Å². The molecule has 0 bridgehead atoms. The molecule has 172 valence electrons. The lowest BCUT2D eigenvalue weighted by molar-refractivity contribution is 0.190. The van der Waals surface area contributed by atoms with Gasteiger partial charge < -0.3 is 14.4 Å². The molecule has 0 fully saturated rings. The predicted octanol–water partition coefficient (Wildman–Crippen LogP) is 5.09. The molecule has 0 atom stereocenters. The summed E-state index contributed by atoms with van der Waals surface area (Å²) in [6.45, 7) is 9.18. The van der Waals surface area contributed by atoms with E-state index in [4.69, 9.17) is 19.4 Å². The smallest absolute Gasteiger partial charge is 0.150 e. The summed E-state index contributed by atoms with van der Waals surface area (Å²) in [5.74, 6) is 1.79. The largest absolute Gasteiger partial charge is 0.383 e. The Kier molecular flexibility index (Phi) is 7.17. The van der Waals surface area contributed by atoms with Gasteiger partial charge in [-0.15, -0.1) is 0 Å². The van der Waals surface area contributed by atoms with Crippen molar-refractivity contribution in [3.8, 4) is 5.69 Å². The lowest BCUT2D eigenvalue weighted by Crippen LogP contribution is -2.32. The standard InChI is InChI=1S/C25H33BrN4O2/c1-16-14-19(26)15-17(2)23(16)30-21-9-7-6-8-20(21)22-24(27-18(3)28-25(22)30)29(10-12-31-4)11-13-32-5/h14-15H,6-13H2,1-5H3. The first kappa shape index (κ1) is 23.2. The first-order chi connectivity index (χ1) is 15.5. The molecule has 0 saturated heterocycles. The molecule has 0 saturated carbocycles. The Morgan fingerprint density at radius 1 is 0.969 bits per heavy atom. The number of anilines is 1. The Hall–Kier alpha value is -1.96. The number of methoxy groups -OCH3 is 2. The second kappa shape index (κ2) is 9.89. The Balaban J connectivity index is 2.02. The summed E-state index contributed by atoms with van der Waals surface area (Å²) in [6, 6.07) is 4.39. The van der Waals surface area contributed by atoms with Crippen LogP contribution in [0.2, 0.25) is 0 Å². The third-order valence-electron chi connectivity index (χ3n) is 6.31. The first-order valence-electron chi connectivity index (χ1n) is 11.4. The van der Waals surface area contributed by atoms with Crippen LogP contribution in [0.1, 0.15) is 41.1 Å². The maximum atomic E-state index is 5.41. The van der Waals surface area contributed by atoms with E-state index < -0.39 is 0 Å². The molecular formula is C25H33BrN4O2. The molecule has 3 aromatic rings. The van der Waals surface area contributed by atoms with Gasteiger partial charge in [0.1, 0.15) is 11.6 Å². The van der Waals surface area contributed by atoms with Gasteiger partial charge in [-0.05, 0) is 75.3 Å². The van der Waals surface area contributed by atoms with E-state index in [0.29, 0.717) is 13.2 Å². The number of hydrogen-bond donors (Lipinski definition) is 0. The zero-order valence-electron chi connectivity index (χ0n) is 19.8. The van der Waals surface area contributed by atoms with Gasteiger partial charge in [0.25, 0.3) is 0 Å². The van der Waals surface area contributed by atoms with E-state index in [-0.39, 0.29) is 0 Å². The van der Waals surface area contributed by atoms with Gasteiger partial charge >= 0.3 is 0 Å². The fourth-order valence-corrected chi connectivity index (χ4v) is 5.65. The highest BCUT2D eigenvalue weighted by Crippen LogP contribution is 2.40. The molecule has 7 heteroatoms. The third-order valence-corrected chi connectivity index (χ3v) is 6.77. The molecule has 0 N–H and O–H groups in total. The SMILES string of the molecule is COCCN(CCOC)c1nc(C)nc2c1c1c(n2-c2c(C)cc(Br)cc2C)CCCC1. The molecule has 0 radical (unpaired) electrons. The number of hydrogen-bond acceptors (Lipinski definition) is 5. The van der Waals surface area contributed by atoms with Crippen LogP contribution in [0, 0.1) is 20.8 Å². The Morgan fingerprint density at radius 3 is 2.22 bits per heavy atom. The van der Waals surface area contributed by atoms with Crippen molar-refractivity contribution in [1.82, 2.24) is 14.5 Å². The summed E-state index contributed by atoms with van der Waals surface area (Å²) in [4.78, 5) is 12.3. The van der Waals surface area contributed by atoms with Gasteiger partial charge in [0.15, 0.2) is 5.65 Å². The van der Waals surface area contributed by atoms with Crippen LogP contribution in [0.15, 0.2) is 16.6 Å². The topological polar surface area (TPSA) is 52.4 Å². The predicted molar refractivity (Wildman–Crippen MR) is 133 cm³/mol. The highest BCUT2D eigenvalue weighted by Gasteiger charge is 2.28. The quantitative estimate of drug-likeness (QED) is 0.431. The molecule has 0 aliphatic heterocycles. The fraction of sp³-hybridized carbons (Fsp3) is 0.520. The maximum Gasteiger partial charge on any atom is 0.150 e. The zero-order valence-corrected chi connectivity index (χ0v) is 21.4. The molecular weight excluding hydrogens is 468 g/mol. The Labute approximate surface area is 199 Å². The van der Waals surface area contributed by atoms with Gasteiger partial charge in [0.05, 0.1) is 24.3 Å². The number of aromatic nitrogens is 3. The average molecular weight is 501 g/mol. The number of fused-ring (bicyclic) bond motifs is 3. The van der Waals surface area contributed by atoms with E-state index >= 15 is 0 Å². The lowest BCUT2D eigenvalue weighted by atomic mass is 9.95. The zero-order chi connectivity index (χ0) is 22.8. The number of aryl methyl sites for hydroxylation is 4. The molecule has 2 aromatic heterocycles. The van der Waals surface area contributed by atoms with E-state index in [1.807, 2.05) is 6.92 Å². The van der Waals surface area contributed by atoms with Crippen molar-refractivity contribution in [1.29, 1.82) is 0 Å². The normalized spacial score (nSPS) is 13.6. The summed E-state index contributed by atoms with van der Waals surface area (Å²) in [5.41, 5.74) is 7.55. The lowest BCUT2D eigenvalue weighted by Gasteiger charge is -2.24. The van der Waals surface area contributed by atoms with E-state index in [9.17, 15) is 0 Å². The molecule has 1 aromatic carbocycles. The van der Waals surface area contributed by atoms with Gasteiger partial charge in [0, 0.05) is 37.5 Å². The molecule has 1 aliphatic carbocycles. The summed E-state index contributed by atoms with van der Waals surface area (Å²) >= 11 is 3.66. The second-order valence-electron chi connectivity index (χ2n) is 8.62. The highest BCUT2D eigenvalue weighted by molar-refractivity contribution is 9.10. The highest BCUT2D eigenvalue weighted by atomic mass is 79.9. The van der Waals surface area contributed by atoms with E-state index in [2.05, 4.69) is 51.4 Å². The minimum Gasteiger partial charge on any atom is -0.383 e. The van der Waals surface area contributed by atoms with E-state index in [1.165, 1.54) is 46.3 Å². The number of benzene rings is 1. The summed E-state index contributed by atoms with van der Waals surface area (Å²) in [5, 5.41) is 1.19. The number of ether oxygens (including phenoxy) is 2. The molecule has 32 heavy (non-hydrogen) atoms. The van der Waals surface area contributed by atoms with Crippen molar-refractivity contribution in [2.24, 2.45) is 0 Å². The van der Waals surface area contributed by atoms with Gasteiger partial charge in [-0.1, -0.05) is 15.9 Å². The van der Waals surface area contributed by atoms with Crippen molar-refractivity contribution >= 4 is 32.8 Å². The van der Waals surface area contributed by atoms with Crippen molar-refractivity contribution < 1.29 is 9.47 Å². The van der Waals surface area contributed by atoms with Crippen LogP contribution in [-0.4, -0.2) is 55.1 Å². The second-order valence-corrected chi connectivity index (χ2v) is 9.54. The van der Waals surface area contributed by atoms with Crippen LogP contribution in [-0.2, 0) is 22.3 Å². The van der Waals surface area contributed by atoms with Gasteiger partial charge in [0.2, 0.25) is 0 Å². The number of halogens is 1. The summed E-state index contributed by atoms with van der Waals surface area (Å²) < 4.78 is 14.4. The molecule has 6 nitrogen and oxygen atoms in total. The van der Waals surface area contributed by atoms with Gasteiger partial charge in [-0.3, -0.25) is 4.57 Å². The van der Waals surface area contributed by atoms with Crippen LogP contribution in [0.4, 0.5) is 5.82 Å². The first-order valence-corrected chi connectivity index (χ1v) is 12.2. The van der Waals surface area contributed by atoms with Crippen molar-refractivity contribution in [2.45, 2.75) is 46.5 Å². The molecule has 0 spiro atoms.